The molecule has 1 aromatic heterocycles. The van der Waals surface area contributed by atoms with Crippen LogP contribution in [0.25, 0.3) is 0 Å². The van der Waals surface area contributed by atoms with E-state index in [2.05, 4.69) is 31.9 Å². The van der Waals surface area contributed by atoms with Crippen molar-refractivity contribution in [2.75, 3.05) is 0 Å². The molecule has 2 nitrogen and oxygen atoms in total. The van der Waals surface area contributed by atoms with E-state index in [-0.39, 0.29) is 0 Å². The van der Waals surface area contributed by atoms with Gasteiger partial charge in [0.2, 0.25) is 0 Å². The summed E-state index contributed by atoms with van der Waals surface area (Å²) in [5.41, 5.74) is 0.810. The summed E-state index contributed by atoms with van der Waals surface area (Å²) in [6.45, 7) is 0. The molecule has 0 radical (unpaired) electrons. The molecule has 5 heteroatoms. The number of thiophene rings is 1. The first kappa shape index (κ1) is 13.8. The average Bonchev–Trinajstić information content (AvgIpc) is 2.73. The van der Waals surface area contributed by atoms with Crippen LogP contribution in [-0.2, 0) is 11.2 Å². The van der Waals surface area contributed by atoms with Gasteiger partial charge < -0.3 is 5.11 Å². The van der Waals surface area contributed by atoms with Crippen molar-refractivity contribution in [3.63, 3.8) is 0 Å². The van der Waals surface area contributed by atoms with Crippen molar-refractivity contribution in [2.24, 2.45) is 0 Å². The van der Waals surface area contributed by atoms with E-state index >= 15 is 0 Å². The van der Waals surface area contributed by atoms with E-state index in [1.165, 1.54) is 0 Å². The number of hydrogen-bond acceptors (Lipinski definition) is 2. The summed E-state index contributed by atoms with van der Waals surface area (Å²) in [6, 6.07) is 9.41. The Bertz CT molecular complexity index is 566. The van der Waals surface area contributed by atoms with Gasteiger partial charge in [-0.15, -0.1) is 11.3 Å². The van der Waals surface area contributed by atoms with E-state index in [0.29, 0.717) is 6.42 Å². The van der Waals surface area contributed by atoms with Crippen LogP contribution in [0.1, 0.15) is 16.4 Å². The highest BCUT2D eigenvalue weighted by Crippen LogP contribution is 2.32. The van der Waals surface area contributed by atoms with Gasteiger partial charge in [0, 0.05) is 20.2 Å². The van der Waals surface area contributed by atoms with Gasteiger partial charge in [0.15, 0.2) is 0 Å². The number of halogens is 2. The minimum Gasteiger partial charge on any atom is -0.481 e. The monoisotopic (exact) mass is 388 g/mol. The number of aliphatic carboxylic acids is 1. The first-order valence-corrected chi connectivity index (χ1v) is 7.75. The molecule has 1 N–H and O–H groups in total. The lowest BCUT2D eigenvalue weighted by atomic mass is 9.95. The van der Waals surface area contributed by atoms with E-state index in [1.54, 1.807) is 11.3 Å². The Labute approximate surface area is 126 Å². The molecule has 18 heavy (non-hydrogen) atoms. The van der Waals surface area contributed by atoms with E-state index in [1.807, 2.05) is 35.7 Å². The zero-order chi connectivity index (χ0) is 13.1. The Morgan fingerprint density at radius 2 is 1.94 bits per heavy atom. The maximum absolute atomic E-state index is 11.5. The van der Waals surface area contributed by atoms with Crippen LogP contribution in [0.2, 0.25) is 0 Å². The third-order valence-electron chi connectivity index (χ3n) is 2.66. The molecule has 0 saturated heterocycles. The van der Waals surface area contributed by atoms with Gasteiger partial charge >= 0.3 is 5.97 Å². The van der Waals surface area contributed by atoms with Crippen molar-refractivity contribution >= 4 is 49.2 Å². The predicted molar refractivity (Wildman–Crippen MR) is 80.2 cm³/mol. The lowest BCUT2D eigenvalue weighted by Gasteiger charge is -2.13. The van der Waals surface area contributed by atoms with Crippen molar-refractivity contribution < 1.29 is 9.90 Å². The highest BCUT2D eigenvalue weighted by atomic mass is 79.9. The highest BCUT2D eigenvalue weighted by Gasteiger charge is 2.23. The van der Waals surface area contributed by atoms with Crippen LogP contribution >= 0.6 is 43.2 Å². The van der Waals surface area contributed by atoms with Gasteiger partial charge in [0.05, 0.1) is 5.92 Å². The fraction of sp³-hybridized carbons (Fsp3) is 0.154. The summed E-state index contributed by atoms with van der Waals surface area (Å²) in [5, 5.41) is 11.4. The van der Waals surface area contributed by atoms with Crippen LogP contribution in [0.4, 0.5) is 0 Å². The van der Waals surface area contributed by atoms with Crippen LogP contribution in [0.15, 0.2) is 44.7 Å². The molecule has 0 spiro atoms. The molecule has 1 heterocycles. The van der Waals surface area contributed by atoms with Crippen molar-refractivity contribution in [3.05, 3.63) is 55.1 Å². The molecule has 0 saturated carbocycles. The first-order chi connectivity index (χ1) is 8.59. The minimum atomic E-state index is -0.804. The topological polar surface area (TPSA) is 37.3 Å². The quantitative estimate of drug-likeness (QED) is 0.823. The molecule has 1 unspecified atom stereocenters. The van der Waals surface area contributed by atoms with Crippen LogP contribution in [0.3, 0.4) is 0 Å². The zero-order valence-electron chi connectivity index (χ0n) is 9.27. The number of hydrogen-bond donors (Lipinski definition) is 1. The number of rotatable bonds is 4. The summed E-state index contributed by atoms with van der Waals surface area (Å²) in [4.78, 5) is 12.5. The zero-order valence-corrected chi connectivity index (χ0v) is 13.3. The Morgan fingerprint density at radius 3 is 2.50 bits per heavy atom. The Hall–Kier alpha value is -0.650. The third kappa shape index (κ3) is 3.02. The molecular formula is C13H10Br2O2S. The lowest BCUT2D eigenvalue weighted by Crippen LogP contribution is -2.14. The highest BCUT2D eigenvalue weighted by molar-refractivity contribution is 9.10. The minimum absolute atomic E-state index is 0.496. The molecular weight excluding hydrogens is 380 g/mol. The fourth-order valence-electron chi connectivity index (χ4n) is 1.74. The molecule has 1 atom stereocenters. The Kier molecular flexibility index (Phi) is 4.59. The molecule has 2 aromatic rings. The van der Waals surface area contributed by atoms with Crippen LogP contribution in [0.5, 0.6) is 0 Å². The number of carboxylic acid groups (broad SMARTS) is 1. The normalized spacial score (nSPS) is 12.3. The molecule has 94 valence electrons. The first-order valence-electron chi connectivity index (χ1n) is 5.28. The Balaban J connectivity index is 2.33. The lowest BCUT2D eigenvalue weighted by molar-refractivity contribution is -0.138. The van der Waals surface area contributed by atoms with E-state index in [4.69, 9.17) is 0 Å². The van der Waals surface area contributed by atoms with Gasteiger partial charge in [-0.1, -0.05) is 34.1 Å². The van der Waals surface area contributed by atoms with Crippen molar-refractivity contribution in [1.29, 1.82) is 0 Å². The van der Waals surface area contributed by atoms with E-state index < -0.39 is 11.9 Å². The van der Waals surface area contributed by atoms with Gasteiger partial charge in [0.25, 0.3) is 0 Å². The van der Waals surface area contributed by atoms with E-state index in [9.17, 15) is 9.90 Å². The predicted octanol–water partition coefficient (Wildman–Crippen LogP) is 4.68. The summed E-state index contributed by atoms with van der Waals surface area (Å²) >= 11 is 8.43. The van der Waals surface area contributed by atoms with Gasteiger partial charge in [-0.3, -0.25) is 4.79 Å². The summed E-state index contributed by atoms with van der Waals surface area (Å²) in [5.74, 6) is -1.34. The standard InChI is InChI=1S/C13H10Br2O2S/c14-10-4-2-1-3-8(10)9(13(16)17)7-12-11(15)5-6-18-12/h1-6,9H,7H2,(H,16,17). The summed E-state index contributed by atoms with van der Waals surface area (Å²) in [6.07, 6.45) is 0.496. The second-order valence-electron chi connectivity index (χ2n) is 3.81. The van der Waals surface area contributed by atoms with Crippen molar-refractivity contribution in [1.82, 2.24) is 0 Å². The van der Waals surface area contributed by atoms with Crippen molar-refractivity contribution in [2.45, 2.75) is 12.3 Å². The SMILES string of the molecule is O=C(O)C(Cc1sccc1Br)c1ccccc1Br. The average molecular weight is 390 g/mol. The molecule has 0 aliphatic rings. The summed E-state index contributed by atoms with van der Waals surface area (Å²) in [7, 11) is 0. The van der Waals surface area contributed by atoms with Gasteiger partial charge in [0.1, 0.15) is 0 Å². The van der Waals surface area contributed by atoms with Crippen molar-refractivity contribution in [3.8, 4) is 0 Å². The second-order valence-corrected chi connectivity index (χ2v) is 6.52. The van der Waals surface area contributed by atoms with Gasteiger partial charge in [-0.2, -0.15) is 0 Å². The fourth-order valence-corrected chi connectivity index (χ4v) is 3.87. The molecule has 0 aliphatic heterocycles. The third-order valence-corrected chi connectivity index (χ3v) is 5.33. The molecule has 0 bridgehead atoms. The maximum atomic E-state index is 11.5. The van der Waals surface area contributed by atoms with Crippen LogP contribution < -0.4 is 0 Å². The molecule has 0 amide bonds. The van der Waals surface area contributed by atoms with Crippen LogP contribution in [0, 0.1) is 0 Å². The number of carboxylic acids is 1. The molecule has 0 fully saturated rings. The molecule has 0 aliphatic carbocycles. The van der Waals surface area contributed by atoms with Gasteiger partial charge in [-0.25, -0.2) is 0 Å². The number of benzene rings is 1. The number of carbonyl (C=O) groups is 1. The molecule has 2 rings (SSSR count). The summed E-state index contributed by atoms with van der Waals surface area (Å²) < 4.78 is 1.82. The second kappa shape index (κ2) is 5.99. The molecule has 1 aromatic carbocycles. The maximum Gasteiger partial charge on any atom is 0.311 e. The largest absolute Gasteiger partial charge is 0.481 e. The Morgan fingerprint density at radius 1 is 1.22 bits per heavy atom. The van der Waals surface area contributed by atoms with Gasteiger partial charge in [-0.05, 0) is 39.0 Å². The van der Waals surface area contributed by atoms with Crippen LogP contribution in [-0.4, -0.2) is 11.1 Å². The van der Waals surface area contributed by atoms with E-state index in [0.717, 1.165) is 19.4 Å². The smallest absolute Gasteiger partial charge is 0.311 e.